The summed E-state index contributed by atoms with van der Waals surface area (Å²) in [6.07, 6.45) is 10.5. The molecule has 3 nitrogen and oxygen atoms in total. The third-order valence-corrected chi connectivity index (χ3v) is 3.01. The van der Waals surface area contributed by atoms with Gasteiger partial charge in [0, 0.05) is 12.1 Å². The quantitative estimate of drug-likeness (QED) is 0.744. The molecule has 18 heavy (non-hydrogen) atoms. The number of carbonyl (C=O) groups excluding carboxylic acids is 1. The average molecular weight is 248 g/mol. The van der Waals surface area contributed by atoms with Gasteiger partial charge in [0.25, 0.3) is 0 Å². The topological polar surface area (TPSA) is 32.3 Å². The second-order valence-electron chi connectivity index (χ2n) is 4.95. The van der Waals surface area contributed by atoms with E-state index in [2.05, 4.69) is 30.6 Å². The lowest BCUT2D eigenvalue weighted by Crippen LogP contribution is -2.53. The zero-order chi connectivity index (χ0) is 13.5. The lowest BCUT2D eigenvalue weighted by molar-refractivity contribution is 0.151. The molecule has 1 aliphatic heterocycles. The Labute approximate surface area is 110 Å². The van der Waals surface area contributed by atoms with E-state index in [1.807, 2.05) is 30.9 Å². The molecular weight excluding hydrogens is 224 g/mol. The second-order valence-corrected chi connectivity index (χ2v) is 4.95. The molecule has 1 rings (SSSR count). The first-order chi connectivity index (χ1) is 8.60. The minimum Gasteiger partial charge on any atom is -0.336 e. The van der Waals surface area contributed by atoms with E-state index in [4.69, 9.17) is 0 Å². The standard InChI is InChI=1S/C15H24N2O/c1-5-8-13-10-7-11-14(9-6-2)17(13)15(18)16-12(3)4/h5-7,10,12-14H,1-2,8-9,11H2,3-4H3,(H,16,18)/t13-,14-/m1/s1. The van der Waals surface area contributed by atoms with Crippen molar-refractivity contribution in [1.29, 1.82) is 0 Å². The number of urea groups is 1. The molecule has 0 aromatic rings. The maximum absolute atomic E-state index is 12.3. The van der Waals surface area contributed by atoms with E-state index in [-0.39, 0.29) is 24.2 Å². The molecule has 0 aliphatic carbocycles. The van der Waals surface area contributed by atoms with Crippen molar-refractivity contribution >= 4 is 6.03 Å². The summed E-state index contributed by atoms with van der Waals surface area (Å²) >= 11 is 0. The second kappa shape index (κ2) is 7.04. The highest BCUT2D eigenvalue weighted by Gasteiger charge is 2.30. The van der Waals surface area contributed by atoms with E-state index in [0.29, 0.717) is 0 Å². The summed E-state index contributed by atoms with van der Waals surface area (Å²) in [5.41, 5.74) is 0. The molecule has 100 valence electrons. The molecule has 2 atom stereocenters. The van der Waals surface area contributed by atoms with Crippen molar-refractivity contribution in [2.24, 2.45) is 0 Å². The number of hydrogen-bond acceptors (Lipinski definition) is 1. The normalized spacial score (nSPS) is 22.9. The number of rotatable bonds is 5. The Bertz CT molecular complexity index is 333. The van der Waals surface area contributed by atoms with Gasteiger partial charge < -0.3 is 10.2 Å². The van der Waals surface area contributed by atoms with Crippen LogP contribution in [0.1, 0.15) is 33.1 Å². The smallest absolute Gasteiger partial charge is 0.318 e. The van der Waals surface area contributed by atoms with E-state index in [9.17, 15) is 4.79 Å². The molecule has 1 N–H and O–H groups in total. The first kappa shape index (κ1) is 14.6. The van der Waals surface area contributed by atoms with Crippen LogP contribution in [0.4, 0.5) is 4.79 Å². The van der Waals surface area contributed by atoms with Crippen LogP contribution in [0, 0.1) is 0 Å². The Kier molecular flexibility index (Phi) is 5.69. The molecule has 3 heteroatoms. The van der Waals surface area contributed by atoms with Crippen molar-refractivity contribution in [3.05, 3.63) is 37.5 Å². The maximum Gasteiger partial charge on any atom is 0.318 e. The molecule has 0 aromatic heterocycles. The van der Waals surface area contributed by atoms with Gasteiger partial charge >= 0.3 is 6.03 Å². The van der Waals surface area contributed by atoms with Gasteiger partial charge in [-0.05, 0) is 33.1 Å². The molecule has 2 amide bonds. The van der Waals surface area contributed by atoms with Gasteiger partial charge in [-0.15, -0.1) is 13.2 Å². The van der Waals surface area contributed by atoms with Crippen LogP contribution in [-0.4, -0.2) is 29.1 Å². The third kappa shape index (κ3) is 3.76. The summed E-state index contributed by atoms with van der Waals surface area (Å²) in [5.74, 6) is 0. The highest BCUT2D eigenvalue weighted by molar-refractivity contribution is 5.75. The van der Waals surface area contributed by atoms with Crippen molar-refractivity contribution in [3.8, 4) is 0 Å². The fourth-order valence-electron chi connectivity index (χ4n) is 2.27. The van der Waals surface area contributed by atoms with E-state index in [0.717, 1.165) is 19.3 Å². The number of nitrogens with zero attached hydrogens (tertiary/aromatic N) is 1. The van der Waals surface area contributed by atoms with Gasteiger partial charge in [0.2, 0.25) is 0 Å². The summed E-state index contributed by atoms with van der Waals surface area (Å²) in [6, 6.07) is 0.473. The van der Waals surface area contributed by atoms with Gasteiger partial charge in [0.15, 0.2) is 0 Å². The molecule has 1 aliphatic rings. The molecule has 0 saturated heterocycles. The van der Waals surface area contributed by atoms with Gasteiger partial charge in [-0.2, -0.15) is 0 Å². The SMILES string of the molecule is C=CC[C@@H]1CC=C[C@@H](CC=C)N1C(=O)NC(C)C. The van der Waals surface area contributed by atoms with Crippen LogP contribution in [0.5, 0.6) is 0 Å². The largest absolute Gasteiger partial charge is 0.336 e. The predicted octanol–water partition coefficient (Wildman–Crippen LogP) is 3.26. The fraction of sp³-hybridized carbons (Fsp3) is 0.533. The Balaban J connectivity index is 2.86. The van der Waals surface area contributed by atoms with Gasteiger partial charge in [0.1, 0.15) is 0 Å². The van der Waals surface area contributed by atoms with Crippen molar-refractivity contribution in [3.63, 3.8) is 0 Å². The molecule has 0 unspecified atom stereocenters. The molecule has 0 aromatic carbocycles. The minimum absolute atomic E-state index is 0.00745. The van der Waals surface area contributed by atoms with Crippen molar-refractivity contribution in [2.45, 2.75) is 51.2 Å². The fourth-order valence-corrected chi connectivity index (χ4v) is 2.27. The first-order valence-corrected chi connectivity index (χ1v) is 6.57. The molecule has 0 bridgehead atoms. The number of nitrogens with one attached hydrogen (secondary N) is 1. The zero-order valence-corrected chi connectivity index (χ0v) is 11.4. The summed E-state index contributed by atoms with van der Waals surface area (Å²) < 4.78 is 0. The lowest BCUT2D eigenvalue weighted by Gasteiger charge is -2.39. The van der Waals surface area contributed by atoms with Crippen LogP contribution < -0.4 is 5.32 Å². The van der Waals surface area contributed by atoms with Crippen molar-refractivity contribution in [1.82, 2.24) is 10.2 Å². The summed E-state index contributed by atoms with van der Waals surface area (Å²) in [4.78, 5) is 14.2. The summed E-state index contributed by atoms with van der Waals surface area (Å²) in [5, 5.41) is 2.97. The van der Waals surface area contributed by atoms with Gasteiger partial charge in [-0.3, -0.25) is 0 Å². The number of hydrogen-bond donors (Lipinski definition) is 1. The molecule has 0 saturated carbocycles. The van der Waals surface area contributed by atoms with E-state index in [1.165, 1.54) is 0 Å². The van der Waals surface area contributed by atoms with Gasteiger partial charge in [-0.25, -0.2) is 4.79 Å². The molecule has 0 radical (unpaired) electrons. The average Bonchev–Trinajstić information content (AvgIpc) is 2.29. The van der Waals surface area contributed by atoms with E-state index >= 15 is 0 Å². The van der Waals surface area contributed by atoms with Crippen molar-refractivity contribution < 1.29 is 4.79 Å². The maximum atomic E-state index is 12.3. The minimum atomic E-state index is 0.00745. The number of amides is 2. The Morgan fingerprint density at radius 2 is 2.11 bits per heavy atom. The lowest BCUT2D eigenvalue weighted by atomic mass is 9.98. The van der Waals surface area contributed by atoms with Crippen LogP contribution in [-0.2, 0) is 0 Å². The van der Waals surface area contributed by atoms with Crippen LogP contribution in [0.25, 0.3) is 0 Å². The monoisotopic (exact) mass is 248 g/mol. The first-order valence-electron chi connectivity index (χ1n) is 6.57. The zero-order valence-electron chi connectivity index (χ0n) is 11.4. The van der Waals surface area contributed by atoms with Crippen molar-refractivity contribution in [2.75, 3.05) is 0 Å². The number of carbonyl (C=O) groups is 1. The summed E-state index contributed by atoms with van der Waals surface area (Å²) in [7, 11) is 0. The summed E-state index contributed by atoms with van der Waals surface area (Å²) in [6.45, 7) is 11.5. The predicted molar refractivity (Wildman–Crippen MR) is 76.5 cm³/mol. The Morgan fingerprint density at radius 1 is 1.44 bits per heavy atom. The molecular formula is C15H24N2O. The van der Waals surface area contributed by atoms with E-state index in [1.54, 1.807) is 0 Å². The van der Waals surface area contributed by atoms with Crippen LogP contribution in [0.3, 0.4) is 0 Å². The Morgan fingerprint density at radius 3 is 2.67 bits per heavy atom. The van der Waals surface area contributed by atoms with Crippen LogP contribution in [0.15, 0.2) is 37.5 Å². The van der Waals surface area contributed by atoms with Crippen LogP contribution in [0.2, 0.25) is 0 Å². The highest BCUT2D eigenvalue weighted by Crippen LogP contribution is 2.22. The highest BCUT2D eigenvalue weighted by atomic mass is 16.2. The molecule has 0 spiro atoms. The van der Waals surface area contributed by atoms with Gasteiger partial charge in [0.05, 0.1) is 6.04 Å². The third-order valence-electron chi connectivity index (χ3n) is 3.01. The molecule has 0 fully saturated rings. The Hall–Kier alpha value is -1.51. The van der Waals surface area contributed by atoms with Crippen LogP contribution >= 0.6 is 0 Å². The van der Waals surface area contributed by atoms with E-state index < -0.39 is 0 Å². The van der Waals surface area contributed by atoms with Gasteiger partial charge in [-0.1, -0.05) is 24.3 Å². The molecule has 1 heterocycles.